The summed E-state index contributed by atoms with van der Waals surface area (Å²) in [6.07, 6.45) is -8.14. The van der Waals surface area contributed by atoms with Crippen molar-refractivity contribution in [3.8, 4) is 0 Å². The van der Waals surface area contributed by atoms with Gasteiger partial charge in [0, 0.05) is 91.3 Å². The number of esters is 3. The molecule has 125 heavy (non-hydrogen) atoms. The number of rotatable bonds is 77. The second-order valence-electron chi connectivity index (χ2n) is 34.4. The lowest BCUT2D eigenvalue weighted by atomic mass is 9.94. The van der Waals surface area contributed by atoms with Crippen LogP contribution in [0, 0.1) is 0 Å². The van der Waals surface area contributed by atoms with Gasteiger partial charge in [0.1, 0.15) is 55.9 Å². The van der Waals surface area contributed by atoms with E-state index < -0.39 is 189 Å². The van der Waals surface area contributed by atoms with Gasteiger partial charge in [0.2, 0.25) is 41.4 Å². The molecule has 0 spiro atoms. The first-order valence-electron chi connectivity index (χ1n) is 46.8. The number of likely N-dealkylation sites (N-methyl/N-ethyl adjacent to an activating group) is 4. The summed E-state index contributed by atoms with van der Waals surface area (Å²) in [6, 6.07) is -0.553. The summed E-state index contributed by atoms with van der Waals surface area (Å²) in [6.45, 7) is 26.7. The number of nitrogens with one attached hydrogen (secondary N) is 7. The first kappa shape index (κ1) is 119. The lowest BCUT2D eigenvalue weighted by Gasteiger charge is -2.35. The van der Waals surface area contributed by atoms with Crippen molar-refractivity contribution in [1.29, 1.82) is 0 Å². The van der Waals surface area contributed by atoms with Crippen LogP contribution in [0.5, 0.6) is 0 Å². The molecule has 0 saturated carbocycles. The molecule has 22 unspecified atom stereocenters. The third-order valence-electron chi connectivity index (χ3n) is 21.8. The Morgan fingerprint density at radius 1 is 0.256 bits per heavy atom. The number of hydrogen-bond acceptors (Lipinski definition) is 27. The molecule has 0 aliphatic rings. The Morgan fingerprint density at radius 3 is 0.808 bits per heavy atom. The van der Waals surface area contributed by atoms with Crippen LogP contribution in [0.4, 0.5) is 0 Å². The van der Waals surface area contributed by atoms with Gasteiger partial charge in [-0.15, -0.1) is 0 Å². The minimum Gasteiger partial charge on any atom is -0.462 e. The highest BCUT2D eigenvalue weighted by Crippen LogP contribution is 2.29. The molecule has 7 amide bonds. The Labute approximate surface area is 747 Å². The largest absolute Gasteiger partial charge is 0.462 e. The van der Waals surface area contributed by atoms with Crippen molar-refractivity contribution >= 4 is 59.3 Å². The fraction of sp³-hybridized carbons (Fsp3) is 0.890. The van der Waals surface area contributed by atoms with Gasteiger partial charge in [0.25, 0.3) is 0 Å². The standard InChI is InChI=1S/C91H171N7O27/c1-21-24-35-43-69(100)79(121-62(12)87(111)94-19)52-73(104)77(119-61(11)86(110)93-18)47-39-30-27-33-41-49-83(107)117-56-67(125-84(108)50-42-34-28-31-38-46-76(118-60(10)85(109)92-17)72(103)51-71(102)75(45-36-25-22-2)120-64(14)89(113)96-57(4)5)55-116-82(106)48-40-32-26-29-37-44-70(101)80(124-66(16)91(115)98-59(8)9)54-81(122-63(13)88(112)95-20)74(105)53-78(68(99)23-3)123-65(15)90(114)97-58(6)7/h57-81,99-105H,21-56H2,1-20H3,(H,92,109)(H,93,110)(H,94,111)(H,95,112)(H,96,113)(H,97,114)(H,98,115). The van der Waals surface area contributed by atoms with Crippen LogP contribution < -0.4 is 37.2 Å². The number of aliphatic hydroxyl groups is 7. The lowest BCUT2D eigenvalue weighted by molar-refractivity contribution is -0.167. The Hall–Kier alpha value is -5.86. The molecule has 0 heterocycles. The molecule has 0 aromatic carbocycles. The van der Waals surface area contributed by atoms with Crippen molar-refractivity contribution in [2.45, 2.75) is 482 Å². The molecule has 0 aromatic rings. The normalized spacial score (nSPS) is 17.2. The Morgan fingerprint density at radius 2 is 0.496 bits per heavy atom. The van der Waals surface area contributed by atoms with E-state index in [1.165, 1.54) is 49.0 Å². The number of carbonyl (C=O) groups excluding carboxylic acids is 10. The average molecular weight is 1800 g/mol. The summed E-state index contributed by atoms with van der Waals surface area (Å²) in [5, 5.41) is 99.5. The molecule has 0 bridgehead atoms. The molecule has 0 radical (unpaired) electrons. The van der Waals surface area contributed by atoms with Crippen molar-refractivity contribution in [3.05, 3.63) is 0 Å². The van der Waals surface area contributed by atoms with Gasteiger partial charge in [-0.25, -0.2) is 0 Å². The summed E-state index contributed by atoms with van der Waals surface area (Å²) in [4.78, 5) is 130. The summed E-state index contributed by atoms with van der Waals surface area (Å²) >= 11 is 0. The van der Waals surface area contributed by atoms with Crippen LogP contribution >= 0.6 is 0 Å². The highest BCUT2D eigenvalue weighted by atomic mass is 16.6. The van der Waals surface area contributed by atoms with Gasteiger partial charge >= 0.3 is 17.9 Å². The first-order chi connectivity index (χ1) is 59.1. The second kappa shape index (κ2) is 70.0. The molecule has 14 N–H and O–H groups in total. The molecule has 34 nitrogen and oxygen atoms in total. The topological polar surface area (TPSA) is 489 Å². The highest BCUT2D eigenvalue weighted by Gasteiger charge is 2.39. The minimum absolute atomic E-state index is 0.00461. The maximum Gasteiger partial charge on any atom is 0.306 e. The van der Waals surface area contributed by atoms with Gasteiger partial charge in [0.15, 0.2) is 6.10 Å². The van der Waals surface area contributed by atoms with E-state index in [0.717, 1.165) is 38.5 Å². The van der Waals surface area contributed by atoms with Crippen molar-refractivity contribution < 1.29 is 131 Å². The summed E-state index contributed by atoms with van der Waals surface area (Å²) in [5.74, 6) is -4.65. The monoisotopic (exact) mass is 1790 g/mol. The molecule has 34 heteroatoms. The third-order valence-corrected chi connectivity index (χ3v) is 21.8. The number of ether oxygens (including phenoxy) is 10. The van der Waals surface area contributed by atoms with Gasteiger partial charge in [-0.1, -0.05) is 136 Å². The molecule has 0 aliphatic heterocycles. The number of amides is 7. The van der Waals surface area contributed by atoms with Crippen LogP contribution in [0.25, 0.3) is 0 Å². The van der Waals surface area contributed by atoms with Gasteiger partial charge < -0.3 is 120 Å². The summed E-state index contributed by atoms with van der Waals surface area (Å²) < 4.78 is 60.0. The van der Waals surface area contributed by atoms with E-state index in [4.69, 9.17) is 47.4 Å². The molecular formula is C91H171N7O27. The van der Waals surface area contributed by atoms with Crippen LogP contribution in [-0.4, -0.2) is 289 Å². The van der Waals surface area contributed by atoms with Crippen LogP contribution in [0.15, 0.2) is 0 Å². The summed E-state index contributed by atoms with van der Waals surface area (Å²) in [7, 11) is 5.86. The average Bonchev–Trinajstić information content (AvgIpc) is 0.854. The Balaban J connectivity index is 6.49. The Kier molecular flexibility index (Phi) is 66.8. The number of aliphatic hydroxyl groups excluding tert-OH is 7. The van der Waals surface area contributed by atoms with Gasteiger partial charge in [-0.05, 0) is 148 Å². The number of hydrogen-bond donors (Lipinski definition) is 14. The fourth-order valence-corrected chi connectivity index (χ4v) is 14.3. The van der Waals surface area contributed by atoms with Crippen LogP contribution in [0.1, 0.15) is 329 Å². The van der Waals surface area contributed by atoms with E-state index >= 15 is 0 Å². The molecule has 732 valence electrons. The second-order valence-corrected chi connectivity index (χ2v) is 34.4. The van der Waals surface area contributed by atoms with E-state index in [1.807, 2.05) is 27.7 Å². The van der Waals surface area contributed by atoms with Crippen LogP contribution in [-0.2, 0) is 95.3 Å². The van der Waals surface area contributed by atoms with Gasteiger partial charge in [-0.2, -0.15) is 0 Å². The third kappa shape index (κ3) is 55.0. The van der Waals surface area contributed by atoms with Crippen molar-refractivity contribution in [2.75, 3.05) is 41.4 Å². The van der Waals surface area contributed by atoms with Crippen molar-refractivity contribution in [3.63, 3.8) is 0 Å². The zero-order valence-electron chi connectivity index (χ0n) is 79.7. The molecular weight excluding hydrogens is 1620 g/mol. The highest BCUT2D eigenvalue weighted by molar-refractivity contribution is 5.83. The number of unbranched alkanes of at least 4 members (excludes halogenated alkanes) is 16. The van der Waals surface area contributed by atoms with E-state index in [0.29, 0.717) is 122 Å². The SMILES string of the molecule is CCCCCC(O)C(CC(O)C(CCCCCCCC(=O)OCC(COC(=O)CCCCCCCC(O)C(CC(OC(C)C(=O)NC)C(O)CC(OC(C)C(=O)NC(C)C)C(O)CC)OC(C)C(=O)NC(C)C)OC(=O)CCCCCCCC(OC(C)C(=O)NC)C(O)CC(O)C(CCCCC)OC(C)C(=O)NC(C)C)OC(C)C(=O)NC)OC(C)C(=O)NC. The maximum atomic E-state index is 13.6. The minimum atomic E-state index is -1.44. The zero-order valence-corrected chi connectivity index (χ0v) is 79.7. The molecule has 0 aromatic heterocycles. The van der Waals surface area contributed by atoms with E-state index in [2.05, 4.69) is 37.2 Å². The van der Waals surface area contributed by atoms with Crippen LogP contribution in [0.3, 0.4) is 0 Å². The van der Waals surface area contributed by atoms with Crippen molar-refractivity contribution in [1.82, 2.24) is 37.2 Å². The first-order valence-corrected chi connectivity index (χ1v) is 46.8. The maximum absolute atomic E-state index is 13.6. The smallest absolute Gasteiger partial charge is 0.306 e. The predicted octanol–water partition coefficient (Wildman–Crippen LogP) is 7.81. The lowest BCUT2D eigenvalue weighted by Crippen LogP contribution is -2.48. The molecule has 0 aliphatic carbocycles. The molecule has 0 rings (SSSR count). The Bertz CT molecular complexity index is 2930. The van der Waals surface area contributed by atoms with E-state index in [-0.39, 0.29) is 93.6 Å². The molecule has 0 fully saturated rings. The van der Waals surface area contributed by atoms with Crippen LogP contribution in [0.2, 0.25) is 0 Å². The fourth-order valence-electron chi connectivity index (χ4n) is 14.3. The predicted molar refractivity (Wildman–Crippen MR) is 474 cm³/mol. The number of carbonyl (C=O) groups is 10. The zero-order chi connectivity index (χ0) is 94.7. The van der Waals surface area contributed by atoms with E-state index in [1.54, 1.807) is 62.3 Å². The van der Waals surface area contributed by atoms with Crippen molar-refractivity contribution in [2.24, 2.45) is 0 Å². The van der Waals surface area contributed by atoms with E-state index in [9.17, 15) is 83.7 Å². The quantitative estimate of drug-likeness (QED) is 0.0157. The summed E-state index contributed by atoms with van der Waals surface area (Å²) in [5.41, 5.74) is 0. The van der Waals surface area contributed by atoms with Gasteiger partial charge in [-0.3, -0.25) is 47.9 Å². The molecule has 22 atom stereocenters. The molecule has 0 saturated heterocycles. The van der Waals surface area contributed by atoms with Gasteiger partial charge in [0.05, 0.1) is 85.5 Å².